The van der Waals surface area contributed by atoms with Crippen molar-refractivity contribution in [2.45, 2.75) is 38.5 Å². The van der Waals surface area contributed by atoms with Gasteiger partial charge in [0.15, 0.2) is 0 Å². The van der Waals surface area contributed by atoms with Gasteiger partial charge in [0.05, 0.1) is 0 Å². The molecule has 104 valence electrons. The Kier molecular flexibility index (Phi) is 4.16. The van der Waals surface area contributed by atoms with E-state index in [2.05, 4.69) is 28.9 Å². The van der Waals surface area contributed by atoms with Crippen molar-refractivity contribution in [1.82, 2.24) is 0 Å². The first-order valence-corrected chi connectivity index (χ1v) is 8.14. The summed E-state index contributed by atoms with van der Waals surface area (Å²) in [6.07, 6.45) is 6.13. The first-order valence-electron chi connectivity index (χ1n) is 7.26. The molecule has 0 atom stereocenters. The summed E-state index contributed by atoms with van der Waals surface area (Å²) in [5.41, 5.74) is 3.79. The van der Waals surface area contributed by atoms with Gasteiger partial charge in [0, 0.05) is 17.0 Å². The molecule has 2 nitrogen and oxygen atoms in total. The standard InChI is InChI=1S/C17H19NOS/c19-17(11-10-14-7-4-12-20-14)18-16-9-3-6-13-5-1-2-8-15(13)16/h3-4,6-7,9,12H,1-2,5,8,10-11H2,(H,18,19). The first-order chi connectivity index (χ1) is 9.83. The molecule has 3 heteroatoms. The molecule has 1 amide bonds. The van der Waals surface area contributed by atoms with Crippen LogP contribution in [0.5, 0.6) is 0 Å². The summed E-state index contributed by atoms with van der Waals surface area (Å²) in [4.78, 5) is 13.4. The fourth-order valence-corrected chi connectivity index (χ4v) is 3.51. The van der Waals surface area contributed by atoms with E-state index in [1.807, 2.05) is 12.1 Å². The van der Waals surface area contributed by atoms with Gasteiger partial charge in [0.1, 0.15) is 0 Å². The van der Waals surface area contributed by atoms with E-state index in [4.69, 9.17) is 0 Å². The smallest absolute Gasteiger partial charge is 0.224 e. The highest BCUT2D eigenvalue weighted by atomic mass is 32.1. The van der Waals surface area contributed by atoms with Crippen molar-refractivity contribution in [1.29, 1.82) is 0 Å². The topological polar surface area (TPSA) is 29.1 Å². The lowest BCUT2D eigenvalue weighted by atomic mass is 9.90. The molecule has 1 heterocycles. The first kappa shape index (κ1) is 13.4. The predicted octanol–water partition coefficient (Wildman–Crippen LogP) is 4.20. The van der Waals surface area contributed by atoms with Gasteiger partial charge in [0.25, 0.3) is 0 Å². The van der Waals surface area contributed by atoms with E-state index in [-0.39, 0.29) is 5.91 Å². The highest BCUT2D eigenvalue weighted by Crippen LogP contribution is 2.28. The number of aryl methyl sites for hydroxylation is 2. The van der Waals surface area contributed by atoms with Crippen molar-refractivity contribution in [3.8, 4) is 0 Å². The van der Waals surface area contributed by atoms with Crippen LogP contribution >= 0.6 is 11.3 Å². The third kappa shape index (κ3) is 3.10. The molecule has 2 aromatic rings. The van der Waals surface area contributed by atoms with E-state index >= 15 is 0 Å². The number of amides is 1. The van der Waals surface area contributed by atoms with Crippen LogP contribution in [0.2, 0.25) is 0 Å². The number of nitrogens with one attached hydrogen (secondary N) is 1. The minimum Gasteiger partial charge on any atom is -0.326 e. The van der Waals surface area contributed by atoms with Crippen molar-refractivity contribution >= 4 is 22.9 Å². The molecule has 0 unspecified atom stereocenters. The normalized spacial score (nSPS) is 13.8. The van der Waals surface area contributed by atoms with Crippen molar-refractivity contribution in [2.24, 2.45) is 0 Å². The molecule has 1 aliphatic rings. The molecular weight excluding hydrogens is 266 g/mol. The highest BCUT2D eigenvalue weighted by Gasteiger charge is 2.14. The van der Waals surface area contributed by atoms with Gasteiger partial charge < -0.3 is 5.32 Å². The van der Waals surface area contributed by atoms with Crippen molar-refractivity contribution in [3.05, 3.63) is 51.7 Å². The van der Waals surface area contributed by atoms with Crippen LogP contribution in [-0.2, 0) is 24.1 Å². The Morgan fingerprint density at radius 1 is 1.15 bits per heavy atom. The lowest BCUT2D eigenvalue weighted by Crippen LogP contribution is -2.15. The van der Waals surface area contributed by atoms with E-state index in [1.165, 1.54) is 28.8 Å². The quantitative estimate of drug-likeness (QED) is 0.896. The average molecular weight is 285 g/mol. The second-order valence-electron chi connectivity index (χ2n) is 5.28. The predicted molar refractivity (Wildman–Crippen MR) is 84.4 cm³/mol. The van der Waals surface area contributed by atoms with Crippen LogP contribution in [0.1, 0.15) is 35.3 Å². The fourth-order valence-electron chi connectivity index (χ4n) is 2.80. The summed E-state index contributed by atoms with van der Waals surface area (Å²) < 4.78 is 0. The number of benzene rings is 1. The zero-order chi connectivity index (χ0) is 13.8. The maximum Gasteiger partial charge on any atom is 0.224 e. The van der Waals surface area contributed by atoms with Gasteiger partial charge in [0.2, 0.25) is 5.91 Å². The van der Waals surface area contributed by atoms with Crippen LogP contribution < -0.4 is 5.32 Å². The largest absolute Gasteiger partial charge is 0.326 e. The van der Waals surface area contributed by atoms with Gasteiger partial charge in [-0.2, -0.15) is 0 Å². The summed E-state index contributed by atoms with van der Waals surface area (Å²) in [6, 6.07) is 10.4. The number of carbonyl (C=O) groups is 1. The lowest BCUT2D eigenvalue weighted by molar-refractivity contribution is -0.116. The van der Waals surface area contributed by atoms with Crippen molar-refractivity contribution in [2.75, 3.05) is 5.32 Å². The molecule has 0 spiro atoms. The molecule has 0 aliphatic heterocycles. The van der Waals surface area contributed by atoms with Gasteiger partial charge in [-0.15, -0.1) is 11.3 Å². The third-order valence-electron chi connectivity index (χ3n) is 3.85. The summed E-state index contributed by atoms with van der Waals surface area (Å²) in [5.74, 6) is 0.123. The molecule has 0 radical (unpaired) electrons. The third-order valence-corrected chi connectivity index (χ3v) is 4.78. The zero-order valence-corrected chi connectivity index (χ0v) is 12.3. The maximum absolute atomic E-state index is 12.1. The Morgan fingerprint density at radius 3 is 2.90 bits per heavy atom. The number of carbonyl (C=O) groups excluding carboxylic acids is 1. The molecule has 3 rings (SSSR count). The molecule has 0 bridgehead atoms. The van der Waals surface area contributed by atoms with Gasteiger partial charge in [-0.1, -0.05) is 18.2 Å². The molecule has 1 aliphatic carbocycles. The fraction of sp³-hybridized carbons (Fsp3) is 0.353. The number of hydrogen-bond acceptors (Lipinski definition) is 2. The van der Waals surface area contributed by atoms with E-state index in [9.17, 15) is 4.79 Å². The molecule has 1 aromatic carbocycles. The SMILES string of the molecule is O=C(CCc1cccs1)Nc1cccc2c1CCCC2. The number of fused-ring (bicyclic) bond motifs is 1. The maximum atomic E-state index is 12.1. The van der Waals surface area contributed by atoms with E-state index in [0.717, 1.165) is 24.9 Å². The second kappa shape index (κ2) is 6.23. The number of anilines is 1. The number of rotatable bonds is 4. The second-order valence-corrected chi connectivity index (χ2v) is 6.31. The van der Waals surface area contributed by atoms with Crippen LogP contribution in [0.15, 0.2) is 35.7 Å². The lowest BCUT2D eigenvalue weighted by Gasteiger charge is -2.19. The van der Waals surface area contributed by atoms with E-state index in [1.54, 1.807) is 11.3 Å². The zero-order valence-electron chi connectivity index (χ0n) is 11.5. The summed E-state index contributed by atoms with van der Waals surface area (Å²) in [5, 5.41) is 5.15. The Labute approximate surface area is 123 Å². The molecule has 0 fully saturated rings. The summed E-state index contributed by atoms with van der Waals surface area (Å²) >= 11 is 1.71. The molecular formula is C17H19NOS. The number of thiophene rings is 1. The molecule has 1 aromatic heterocycles. The van der Waals surface area contributed by atoms with Gasteiger partial charge in [-0.05, 0) is 60.7 Å². The van der Waals surface area contributed by atoms with Crippen LogP contribution in [0.25, 0.3) is 0 Å². The van der Waals surface area contributed by atoms with Crippen LogP contribution in [0, 0.1) is 0 Å². The average Bonchev–Trinajstić information content (AvgIpc) is 2.99. The number of hydrogen-bond donors (Lipinski definition) is 1. The summed E-state index contributed by atoms with van der Waals surface area (Å²) in [6.45, 7) is 0. The van der Waals surface area contributed by atoms with Gasteiger partial charge in [-0.25, -0.2) is 0 Å². The van der Waals surface area contributed by atoms with Gasteiger partial charge in [-0.3, -0.25) is 4.79 Å². The van der Waals surface area contributed by atoms with Crippen LogP contribution in [0.3, 0.4) is 0 Å². The van der Waals surface area contributed by atoms with E-state index in [0.29, 0.717) is 6.42 Å². The van der Waals surface area contributed by atoms with Crippen molar-refractivity contribution < 1.29 is 4.79 Å². The van der Waals surface area contributed by atoms with Crippen LogP contribution in [0.4, 0.5) is 5.69 Å². The minimum absolute atomic E-state index is 0.123. The summed E-state index contributed by atoms with van der Waals surface area (Å²) in [7, 11) is 0. The van der Waals surface area contributed by atoms with Gasteiger partial charge >= 0.3 is 0 Å². The van der Waals surface area contributed by atoms with Crippen LogP contribution in [-0.4, -0.2) is 5.91 Å². The van der Waals surface area contributed by atoms with Crippen molar-refractivity contribution in [3.63, 3.8) is 0 Å². The minimum atomic E-state index is 0.123. The molecule has 20 heavy (non-hydrogen) atoms. The molecule has 1 N–H and O–H groups in total. The molecule has 0 saturated carbocycles. The Bertz CT molecular complexity index is 589. The molecule has 0 saturated heterocycles. The Balaban J connectivity index is 1.64. The highest BCUT2D eigenvalue weighted by molar-refractivity contribution is 7.09. The van der Waals surface area contributed by atoms with E-state index < -0.39 is 0 Å². The Morgan fingerprint density at radius 2 is 2.05 bits per heavy atom. The Hall–Kier alpha value is -1.61. The monoisotopic (exact) mass is 285 g/mol.